The predicted molar refractivity (Wildman–Crippen MR) is 105 cm³/mol. The minimum atomic E-state index is -4.92. The number of amides is 2. The number of ether oxygens (including phenoxy) is 2. The highest BCUT2D eigenvalue weighted by atomic mass is 19.4. The molecule has 30 heavy (non-hydrogen) atoms. The van der Waals surface area contributed by atoms with Crippen LogP contribution in [0, 0.1) is 0 Å². The fourth-order valence-electron chi connectivity index (χ4n) is 2.61. The number of methoxy groups -OCH3 is 1. The summed E-state index contributed by atoms with van der Waals surface area (Å²) in [6, 6.07) is 11.7. The molecule has 0 aromatic heterocycles. The van der Waals surface area contributed by atoms with E-state index in [0.717, 1.165) is 5.56 Å². The molecule has 2 N–H and O–H groups in total. The van der Waals surface area contributed by atoms with Crippen LogP contribution < -0.4 is 20.1 Å². The molecule has 0 bridgehead atoms. The van der Waals surface area contributed by atoms with Crippen LogP contribution in [0.3, 0.4) is 0 Å². The van der Waals surface area contributed by atoms with Crippen LogP contribution >= 0.6 is 0 Å². The van der Waals surface area contributed by atoms with Gasteiger partial charge in [0.05, 0.1) is 13.7 Å². The average molecular weight is 424 g/mol. The molecule has 2 amide bonds. The minimum Gasteiger partial charge on any atom is -0.493 e. The summed E-state index contributed by atoms with van der Waals surface area (Å²) >= 11 is 0. The normalized spacial score (nSPS) is 11.0. The van der Waals surface area contributed by atoms with E-state index in [0.29, 0.717) is 35.8 Å². The first-order chi connectivity index (χ1) is 14.2. The standard InChI is InChI=1S/C21H23F3N2O4/c1-3-30-17-10-6-14(12-18(17)29-2)7-11-19(27)26-16-8-4-15(5-9-16)13-25-20(28)21(22,23)24/h4-6,8-10,12H,3,7,11,13H2,1-2H3,(H,25,28)(H,26,27). The molecule has 0 unspecified atom stereocenters. The number of hydrogen-bond acceptors (Lipinski definition) is 4. The lowest BCUT2D eigenvalue weighted by Crippen LogP contribution is -2.36. The number of benzene rings is 2. The maximum Gasteiger partial charge on any atom is 0.471 e. The Balaban J connectivity index is 1.84. The van der Waals surface area contributed by atoms with Crippen LogP contribution in [0.2, 0.25) is 0 Å². The Labute approximate surface area is 172 Å². The Kier molecular flexibility index (Phi) is 8.08. The topological polar surface area (TPSA) is 76.7 Å². The van der Waals surface area contributed by atoms with Crippen molar-refractivity contribution in [3.8, 4) is 11.5 Å². The van der Waals surface area contributed by atoms with Gasteiger partial charge in [-0.1, -0.05) is 18.2 Å². The molecule has 2 aromatic rings. The van der Waals surface area contributed by atoms with Gasteiger partial charge in [-0.2, -0.15) is 13.2 Å². The lowest BCUT2D eigenvalue weighted by molar-refractivity contribution is -0.173. The molecule has 0 saturated carbocycles. The van der Waals surface area contributed by atoms with E-state index in [1.54, 1.807) is 30.6 Å². The minimum absolute atomic E-state index is 0.207. The number of aryl methyl sites for hydroxylation is 1. The first-order valence-electron chi connectivity index (χ1n) is 9.26. The predicted octanol–water partition coefficient (Wildman–Crippen LogP) is 3.84. The number of rotatable bonds is 9. The molecule has 162 valence electrons. The van der Waals surface area contributed by atoms with E-state index < -0.39 is 12.1 Å². The van der Waals surface area contributed by atoms with Crippen molar-refractivity contribution >= 4 is 17.5 Å². The molecular weight excluding hydrogens is 401 g/mol. The van der Waals surface area contributed by atoms with Crippen LogP contribution in [0.1, 0.15) is 24.5 Å². The van der Waals surface area contributed by atoms with Gasteiger partial charge in [-0.3, -0.25) is 9.59 Å². The van der Waals surface area contributed by atoms with E-state index in [1.165, 1.54) is 12.1 Å². The van der Waals surface area contributed by atoms with E-state index in [1.807, 2.05) is 19.1 Å². The van der Waals surface area contributed by atoms with Crippen LogP contribution in [-0.2, 0) is 22.6 Å². The molecule has 0 saturated heterocycles. The Bertz CT molecular complexity index is 868. The quantitative estimate of drug-likeness (QED) is 0.641. The monoisotopic (exact) mass is 424 g/mol. The highest BCUT2D eigenvalue weighted by molar-refractivity contribution is 5.90. The second kappa shape index (κ2) is 10.5. The fraction of sp³-hybridized carbons (Fsp3) is 0.333. The van der Waals surface area contributed by atoms with Crippen molar-refractivity contribution in [1.29, 1.82) is 0 Å². The molecule has 9 heteroatoms. The van der Waals surface area contributed by atoms with Gasteiger partial charge in [0, 0.05) is 18.7 Å². The number of alkyl halides is 3. The summed E-state index contributed by atoms with van der Waals surface area (Å²) in [5.74, 6) is -0.963. The lowest BCUT2D eigenvalue weighted by Gasteiger charge is -2.11. The molecule has 2 aromatic carbocycles. The Hall–Kier alpha value is -3.23. The summed E-state index contributed by atoms with van der Waals surface area (Å²) in [7, 11) is 1.55. The van der Waals surface area contributed by atoms with E-state index in [9.17, 15) is 22.8 Å². The van der Waals surface area contributed by atoms with Gasteiger partial charge >= 0.3 is 12.1 Å². The highest BCUT2D eigenvalue weighted by Crippen LogP contribution is 2.28. The zero-order valence-corrected chi connectivity index (χ0v) is 16.6. The molecule has 0 spiro atoms. The van der Waals surface area contributed by atoms with Gasteiger partial charge in [-0.25, -0.2) is 0 Å². The van der Waals surface area contributed by atoms with E-state index in [4.69, 9.17) is 9.47 Å². The van der Waals surface area contributed by atoms with Gasteiger partial charge < -0.3 is 20.1 Å². The highest BCUT2D eigenvalue weighted by Gasteiger charge is 2.38. The maximum atomic E-state index is 12.2. The number of nitrogens with one attached hydrogen (secondary N) is 2. The summed E-state index contributed by atoms with van der Waals surface area (Å²) in [6.45, 7) is 2.14. The molecule has 0 fully saturated rings. The van der Waals surface area contributed by atoms with E-state index >= 15 is 0 Å². The molecular formula is C21H23F3N2O4. The van der Waals surface area contributed by atoms with Crippen molar-refractivity contribution in [2.45, 2.75) is 32.5 Å². The summed E-state index contributed by atoms with van der Waals surface area (Å²) < 4.78 is 47.3. The SMILES string of the molecule is CCOc1ccc(CCC(=O)Nc2ccc(CNC(=O)C(F)(F)F)cc2)cc1OC. The molecule has 0 aliphatic heterocycles. The van der Waals surface area contributed by atoms with Crippen LogP contribution in [0.5, 0.6) is 11.5 Å². The third kappa shape index (κ3) is 6.98. The van der Waals surface area contributed by atoms with Gasteiger partial charge in [-0.05, 0) is 48.7 Å². The van der Waals surface area contributed by atoms with Crippen LogP contribution in [0.25, 0.3) is 0 Å². The Morgan fingerprint density at radius 3 is 2.27 bits per heavy atom. The zero-order chi connectivity index (χ0) is 22.1. The molecule has 0 radical (unpaired) electrons. The number of carbonyl (C=O) groups excluding carboxylic acids is 2. The molecule has 0 atom stereocenters. The number of halogens is 3. The Morgan fingerprint density at radius 1 is 1.00 bits per heavy atom. The zero-order valence-electron chi connectivity index (χ0n) is 16.6. The molecule has 0 aliphatic carbocycles. The average Bonchev–Trinajstić information content (AvgIpc) is 2.71. The van der Waals surface area contributed by atoms with Crippen molar-refractivity contribution in [1.82, 2.24) is 5.32 Å². The van der Waals surface area contributed by atoms with Crippen LogP contribution in [-0.4, -0.2) is 31.7 Å². The molecule has 0 heterocycles. The number of carbonyl (C=O) groups is 2. The van der Waals surface area contributed by atoms with Gasteiger partial charge in [-0.15, -0.1) is 0 Å². The summed E-state index contributed by atoms with van der Waals surface area (Å²) in [5.41, 5.74) is 1.91. The van der Waals surface area contributed by atoms with E-state index in [2.05, 4.69) is 5.32 Å². The maximum absolute atomic E-state index is 12.2. The number of hydrogen-bond donors (Lipinski definition) is 2. The first kappa shape index (κ1) is 23.1. The van der Waals surface area contributed by atoms with Gasteiger partial charge in [0.25, 0.3) is 0 Å². The van der Waals surface area contributed by atoms with Gasteiger partial charge in [0.2, 0.25) is 5.91 Å². The fourth-order valence-corrected chi connectivity index (χ4v) is 2.61. The largest absolute Gasteiger partial charge is 0.493 e. The van der Waals surface area contributed by atoms with Crippen molar-refractivity contribution in [3.05, 3.63) is 53.6 Å². The first-order valence-corrected chi connectivity index (χ1v) is 9.26. The van der Waals surface area contributed by atoms with Crippen molar-refractivity contribution < 1.29 is 32.2 Å². The van der Waals surface area contributed by atoms with E-state index in [-0.39, 0.29) is 18.9 Å². The van der Waals surface area contributed by atoms with Gasteiger partial charge in [0.1, 0.15) is 0 Å². The van der Waals surface area contributed by atoms with Crippen LogP contribution in [0.4, 0.5) is 18.9 Å². The second-order valence-electron chi connectivity index (χ2n) is 6.34. The lowest BCUT2D eigenvalue weighted by atomic mass is 10.1. The summed E-state index contributed by atoms with van der Waals surface area (Å²) in [6.07, 6.45) is -4.18. The van der Waals surface area contributed by atoms with Crippen molar-refractivity contribution in [2.75, 3.05) is 19.0 Å². The second-order valence-corrected chi connectivity index (χ2v) is 6.34. The third-order valence-electron chi connectivity index (χ3n) is 4.12. The van der Waals surface area contributed by atoms with Crippen molar-refractivity contribution in [3.63, 3.8) is 0 Å². The molecule has 2 rings (SSSR count). The summed E-state index contributed by atoms with van der Waals surface area (Å²) in [5, 5.41) is 4.51. The van der Waals surface area contributed by atoms with Gasteiger partial charge in [0.15, 0.2) is 11.5 Å². The summed E-state index contributed by atoms with van der Waals surface area (Å²) in [4.78, 5) is 23.0. The van der Waals surface area contributed by atoms with Crippen LogP contribution in [0.15, 0.2) is 42.5 Å². The Morgan fingerprint density at radius 2 is 1.67 bits per heavy atom. The van der Waals surface area contributed by atoms with Crippen molar-refractivity contribution in [2.24, 2.45) is 0 Å². The molecule has 0 aliphatic rings. The smallest absolute Gasteiger partial charge is 0.471 e. The number of anilines is 1. The third-order valence-corrected chi connectivity index (χ3v) is 4.12. The molecule has 6 nitrogen and oxygen atoms in total.